The fourth-order valence-corrected chi connectivity index (χ4v) is 2.39. The summed E-state index contributed by atoms with van der Waals surface area (Å²) < 4.78 is 1.64. The van der Waals surface area contributed by atoms with Crippen LogP contribution >= 0.6 is 0 Å². The molecule has 1 atom stereocenters. The van der Waals surface area contributed by atoms with E-state index >= 15 is 0 Å². The zero-order valence-corrected chi connectivity index (χ0v) is 12.7. The summed E-state index contributed by atoms with van der Waals surface area (Å²) in [6.07, 6.45) is 2.04. The van der Waals surface area contributed by atoms with Crippen molar-refractivity contribution in [2.45, 2.75) is 38.8 Å². The Bertz CT molecular complexity index is 702. The standard InChI is InChI=1S/C17H19N3O2/c1-11(13-6-4-3-5-7-13)20-16(10-15(19-20)12(2)21)17(22)18-14-8-9-14/h3-7,10-11,14H,8-9H2,1-2H3,(H,18,22)/t11-/m0/s1. The van der Waals surface area contributed by atoms with Gasteiger partial charge in [0.2, 0.25) is 0 Å². The summed E-state index contributed by atoms with van der Waals surface area (Å²) in [5, 5.41) is 7.30. The molecule has 0 saturated heterocycles. The third-order valence-corrected chi connectivity index (χ3v) is 3.89. The van der Waals surface area contributed by atoms with Gasteiger partial charge >= 0.3 is 0 Å². The number of carbonyl (C=O) groups excluding carboxylic acids is 2. The van der Waals surface area contributed by atoms with E-state index in [0.717, 1.165) is 18.4 Å². The molecular weight excluding hydrogens is 278 g/mol. The summed E-state index contributed by atoms with van der Waals surface area (Å²) in [4.78, 5) is 24.0. The van der Waals surface area contributed by atoms with E-state index in [9.17, 15) is 9.59 Å². The monoisotopic (exact) mass is 297 g/mol. The molecule has 1 aromatic heterocycles. The van der Waals surface area contributed by atoms with Crippen molar-refractivity contribution in [3.8, 4) is 0 Å². The topological polar surface area (TPSA) is 64.0 Å². The molecule has 0 unspecified atom stereocenters. The molecule has 1 fully saturated rings. The van der Waals surface area contributed by atoms with Crippen molar-refractivity contribution in [3.05, 3.63) is 53.3 Å². The Balaban J connectivity index is 1.97. The molecule has 1 heterocycles. The first-order valence-corrected chi connectivity index (χ1v) is 7.52. The second-order valence-corrected chi connectivity index (χ2v) is 5.75. The molecule has 5 nitrogen and oxygen atoms in total. The largest absolute Gasteiger partial charge is 0.348 e. The van der Waals surface area contributed by atoms with Gasteiger partial charge in [-0.1, -0.05) is 30.3 Å². The molecule has 1 aromatic carbocycles. The Morgan fingerprint density at radius 2 is 1.95 bits per heavy atom. The zero-order chi connectivity index (χ0) is 15.7. The maximum atomic E-state index is 12.4. The Morgan fingerprint density at radius 3 is 2.55 bits per heavy atom. The van der Waals surface area contributed by atoms with Gasteiger partial charge in [0, 0.05) is 19.0 Å². The number of hydrogen-bond donors (Lipinski definition) is 1. The van der Waals surface area contributed by atoms with Gasteiger partial charge in [-0.05, 0) is 25.3 Å². The Hall–Kier alpha value is -2.43. The van der Waals surface area contributed by atoms with E-state index in [1.807, 2.05) is 37.3 Å². The van der Waals surface area contributed by atoms with E-state index < -0.39 is 0 Å². The lowest BCUT2D eigenvalue weighted by Crippen LogP contribution is -2.29. The Labute approximate surface area is 129 Å². The summed E-state index contributed by atoms with van der Waals surface area (Å²) in [6, 6.07) is 11.6. The van der Waals surface area contributed by atoms with Gasteiger partial charge in [0.15, 0.2) is 5.78 Å². The van der Waals surface area contributed by atoms with Crippen molar-refractivity contribution in [3.63, 3.8) is 0 Å². The minimum absolute atomic E-state index is 0.116. The molecule has 1 amide bonds. The van der Waals surface area contributed by atoms with Gasteiger partial charge in [-0.3, -0.25) is 14.3 Å². The molecule has 1 aliphatic rings. The molecule has 1 aliphatic carbocycles. The number of benzene rings is 1. The molecule has 1 saturated carbocycles. The van der Waals surface area contributed by atoms with Crippen LogP contribution in [0, 0.1) is 0 Å². The highest BCUT2D eigenvalue weighted by atomic mass is 16.2. The predicted octanol–water partition coefficient (Wildman–Crippen LogP) is 2.59. The molecule has 0 spiro atoms. The Kier molecular flexibility index (Phi) is 3.79. The van der Waals surface area contributed by atoms with Crippen molar-refractivity contribution < 1.29 is 9.59 Å². The summed E-state index contributed by atoms with van der Waals surface area (Å²) in [7, 11) is 0. The number of nitrogens with one attached hydrogen (secondary N) is 1. The van der Waals surface area contributed by atoms with E-state index in [4.69, 9.17) is 0 Å². The van der Waals surface area contributed by atoms with Crippen LogP contribution in [0.15, 0.2) is 36.4 Å². The van der Waals surface area contributed by atoms with Crippen molar-refractivity contribution >= 4 is 11.7 Å². The van der Waals surface area contributed by atoms with Crippen molar-refractivity contribution in [2.24, 2.45) is 0 Å². The maximum absolute atomic E-state index is 12.4. The average molecular weight is 297 g/mol. The highest BCUT2D eigenvalue weighted by Crippen LogP contribution is 2.22. The van der Waals surface area contributed by atoms with Crippen LogP contribution in [0.3, 0.4) is 0 Å². The van der Waals surface area contributed by atoms with Gasteiger partial charge in [0.05, 0.1) is 6.04 Å². The van der Waals surface area contributed by atoms with E-state index in [2.05, 4.69) is 10.4 Å². The second kappa shape index (κ2) is 5.75. The summed E-state index contributed by atoms with van der Waals surface area (Å²) in [5.41, 5.74) is 1.80. The van der Waals surface area contributed by atoms with Gasteiger partial charge in [-0.25, -0.2) is 0 Å². The molecule has 0 bridgehead atoms. The maximum Gasteiger partial charge on any atom is 0.269 e. The van der Waals surface area contributed by atoms with Gasteiger partial charge < -0.3 is 5.32 Å². The first-order chi connectivity index (χ1) is 10.6. The van der Waals surface area contributed by atoms with Gasteiger partial charge in [0.25, 0.3) is 5.91 Å². The van der Waals surface area contributed by atoms with Gasteiger partial charge in [0.1, 0.15) is 11.4 Å². The number of hydrogen-bond acceptors (Lipinski definition) is 3. The molecule has 3 rings (SSSR count). The van der Waals surface area contributed by atoms with E-state index in [-0.39, 0.29) is 23.8 Å². The van der Waals surface area contributed by atoms with Crippen LogP contribution in [0.2, 0.25) is 0 Å². The summed E-state index contributed by atoms with van der Waals surface area (Å²) in [5.74, 6) is -0.301. The van der Waals surface area contributed by atoms with Gasteiger partial charge in [-0.15, -0.1) is 0 Å². The third-order valence-electron chi connectivity index (χ3n) is 3.89. The number of nitrogens with zero attached hydrogens (tertiary/aromatic N) is 2. The molecule has 2 aromatic rings. The molecule has 114 valence electrons. The SMILES string of the molecule is CC(=O)c1cc(C(=O)NC2CC2)n([C@@H](C)c2ccccc2)n1. The average Bonchev–Trinajstić information content (AvgIpc) is 3.21. The van der Waals surface area contributed by atoms with Crippen LogP contribution < -0.4 is 5.32 Å². The lowest BCUT2D eigenvalue weighted by Gasteiger charge is -2.15. The number of ketones is 1. The van der Waals surface area contributed by atoms with E-state index in [1.165, 1.54) is 6.92 Å². The van der Waals surface area contributed by atoms with Crippen molar-refractivity contribution in [1.82, 2.24) is 15.1 Å². The molecule has 22 heavy (non-hydrogen) atoms. The van der Waals surface area contributed by atoms with E-state index in [0.29, 0.717) is 11.4 Å². The lowest BCUT2D eigenvalue weighted by molar-refractivity contribution is 0.0938. The summed E-state index contributed by atoms with van der Waals surface area (Å²) in [6.45, 7) is 3.43. The lowest BCUT2D eigenvalue weighted by atomic mass is 10.1. The number of carbonyl (C=O) groups is 2. The number of aromatic nitrogens is 2. The zero-order valence-electron chi connectivity index (χ0n) is 12.7. The minimum Gasteiger partial charge on any atom is -0.348 e. The van der Waals surface area contributed by atoms with E-state index in [1.54, 1.807) is 10.7 Å². The van der Waals surface area contributed by atoms with Crippen LogP contribution in [0.1, 0.15) is 59.3 Å². The Morgan fingerprint density at radius 1 is 1.27 bits per heavy atom. The first kappa shape index (κ1) is 14.5. The van der Waals surface area contributed by atoms with Crippen molar-refractivity contribution in [1.29, 1.82) is 0 Å². The smallest absolute Gasteiger partial charge is 0.269 e. The molecule has 1 N–H and O–H groups in total. The van der Waals surface area contributed by atoms with Crippen molar-refractivity contribution in [2.75, 3.05) is 0 Å². The quantitative estimate of drug-likeness (QED) is 0.863. The highest BCUT2D eigenvalue weighted by Gasteiger charge is 2.27. The third kappa shape index (κ3) is 2.93. The van der Waals surface area contributed by atoms with Crippen LogP contribution in [0.5, 0.6) is 0 Å². The number of rotatable bonds is 5. The highest BCUT2D eigenvalue weighted by molar-refractivity contribution is 5.98. The number of amides is 1. The fraction of sp³-hybridized carbons (Fsp3) is 0.353. The molecule has 5 heteroatoms. The van der Waals surface area contributed by atoms with Crippen LogP contribution in [-0.4, -0.2) is 27.5 Å². The fourth-order valence-electron chi connectivity index (χ4n) is 2.39. The summed E-state index contributed by atoms with van der Waals surface area (Å²) >= 11 is 0. The predicted molar refractivity (Wildman–Crippen MR) is 83.0 cm³/mol. The van der Waals surface area contributed by atoms with Crippen LogP contribution in [0.25, 0.3) is 0 Å². The van der Waals surface area contributed by atoms with Crippen LogP contribution in [-0.2, 0) is 0 Å². The first-order valence-electron chi connectivity index (χ1n) is 7.52. The number of Topliss-reactive ketones (excluding diaryl/α,β-unsaturated/α-hetero) is 1. The normalized spacial score (nSPS) is 15.4. The molecular formula is C17H19N3O2. The van der Waals surface area contributed by atoms with Gasteiger partial charge in [-0.2, -0.15) is 5.10 Å². The van der Waals surface area contributed by atoms with Crippen LogP contribution in [0.4, 0.5) is 0 Å². The second-order valence-electron chi connectivity index (χ2n) is 5.75. The molecule has 0 aliphatic heterocycles. The molecule has 0 radical (unpaired) electrons. The minimum atomic E-state index is -0.162.